The van der Waals surface area contributed by atoms with Gasteiger partial charge in [0.05, 0.1) is 0 Å². The summed E-state index contributed by atoms with van der Waals surface area (Å²) in [7, 11) is 0. The van der Waals surface area contributed by atoms with Crippen LogP contribution in [0.4, 0.5) is 8.78 Å². The van der Waals surface area contributed by atoms with Crippen molar-refractivity contribution in [3.8, 4) is 11.1 Å². The summed E-state index contributed by atoms with van der Waals surface area (Å²) >= 11 is 0. The van der Waals surface area contributed by atoms with Crippen LogP contribution in [0.2, 0.25) is 0 Å². The molecule has 0 heterocycles. The number of hydrogen-bond acceptors (Lipinski definition) is 0. The van der Waals surface area contributed by atoms with E-state index in [1.165, 1.54) is 5.56 Å². The molecule has 3 aromatic rings. The molecule has 0 fully saturated rings. The van der Waals surface area contributed by atoms with Gasteiger partial charge in [0, 0.05) is 10.9 Å². The maximum absolute atomic E-state index is 14.5. The van der Waals surface area contributed by atoms with E-state index in [9.17, 15) is 8.78 Å². The molecule has 0 bridgehead atoms. The van der Waals surface area contributed by atoms with Gasteiger partial charge in [0.1, 0.15) is 0 Å². The number of aryl methyl sites for hydroxylation is 2. The molecule has 0 spiro atoms. The highest BCUT2D eigenvalue weighted by Gasteiger charge is 2.15. The highest BCUT2D eigenvalue weighted by molar-refractivity contribution is 5.88. The Balaban J connectivity index is 2.19. The summed E-state index contributed by atoms with van der Waals surface area (Å²) in [5, 5.41) is 1.08. The lowest BCUT2D eigenvalue weighted by Crippen LogP contribution is -1.94. The van der Waals surface area contributed by atoms with Gasteiger partial charge in [0.2, 0.25) is 0 Å². The molecular formula is C20H18F2. The summed E-state index contributed by atoms with van der Waals surface area (Å²) in [6, 6.07) is 14.9. The Morgan fingerprint density at radius 3 is 2.00 bits per heavy atom. The number of hydrogen-bond donors (Lipinski definition) is 0. The fourth-order valence-electron chi connectivity index (χ4n) is 2.72. The zero-order chi connectivity index (χ0) is 15.7. The Morgan fingerprint density at radius 2 is 1.36 bits per heavy atom. The van der Waals surface area contributed by atoms with Gasteiger partial charge < -0.3 is 0 Å². The largest absolute Gasteiger partial charge is 0.203 e. The van der Waals surface area contributed by atoms with Crippen LogP contribution in [0.15, 0.2) is 48.5 Å². The van der Waals surface area contributed by atoms with Gasteiger partial charge in [-0.3, -0.25) is 0 Å². The van der Waals surface area contributed by atoms with E-state index in [1.54, 1.807) is 12.1 Å². The molecule has 0 saturated heterocycles. The molecule has 3 rings (SSSR count). The fraction of sp³-hybridized carbons (Fsp3) is 0.200. The second-order valence-corrected chi connectivity index (χ2v) is 5.51. The van der Waals surface area contributed by atoms with Crippen molar-refractivity contribution >= 4 is 10.8 Å². The minimum Gasteiger partial charge on any atom is -0.203 e. The average Bonchev–Trinajstić information content (AvgIpc) is 2.58. The van der Waals surface area contributed by atoms with Crippen molar-refractivity contribution in [1.82, 2.24) is 0 Å². The van der Waals surface area contributed by atoms with Crippen LogP contribution >= 0.6 is 0 Å². The number of fused-ring (bicyclic) bond motifs is 1. The van der Waals surface area contributed by atoms with Crippen LogP contribution < -0.4 is 0 Å². The van der Waals surface area contributed by atoms with Crippen LogP contribution in [0.25, 0.3) is 21.9 Å². The van der Waals surface area contributed by atoms with Gasteiger partial charge in [-0.05, 0) is 47.1 Å². The third kappa shape index (κ3) is 2.50. The van der Waals surface area contributed by atoms with Gasteiger partial charge in [-0.25, -0.2) is 8.78 Å². The third-order valence-corrected chi connectivity index (χ3v) is 4.16. The van der Waals surface area contributed by atoms with E-state index in [2.05, 4.69) is 6.92 Å². The number of halogens is 2. The lowest BCUT2D eigenvalue weighted by molar-refractivity contribution is 0.519. The van der Waals surface area contributed by atoms with E-state index in [4.69, 9.17) is 0 Å². The second-order valence-electron chi connectivity index (χ2n) is 5.51. The first-order chi connectivity index (χ1) is 10.6. The highest BCUT2D eigenvalue weighted by atomic mass is 19.2. The molecule has 0 N–H and O–H groups in total. The minimum atomic E-state index is -0.773. The Kier molecular flexibility index (Phi) is 3.93. The first-order valence-corrected chi connectivity index (χ1v) is 7.64. The zero-order valence-corrected chi connectivity index (χ0v) is 12.8. The van der Waals surface area contributed by atoms with E-state index >= 15 is 0 Å². The molecule has 0 aliphatic carbocycles. The summed E-state index contributed by atoms with van der Waals surface area (Å²) < 4.78 is 28.9. The topological polar surface area (TPSA) is 0 Å². The van der Waals surface area contributed by atoms with E-state index in [-0.39, 0.29) is 0 Å². The summed E-state index contributed by atoms with van der Waals surface area (Å²) in [6.45, 7) is 4.07. The number of benzene rings is 3. The molecule has 0 aliphatic rings. The van der Waals surface area contributed by atoms with Gasteiger partial charge in [-0.2, -0.15) is 0 Å². The van der Waals surface area contributed by atoms with Crippen LogP contribution in [0.3, 0.4) is 0 Å². The lowest BCUT2D eigenvalue weighted by atomic mass is 9.97. The van der Waals surface area contributed by atoms with Gasteiger partial charge in [0.25, 0.3) is 0 Å². The Morgan fingerprint density at radius 1 is 0.727 bits per heavy atom. The van der Waals surface area contributed by atoms with Gasteiger partial charge in [-0.1, -0.05) is 50.2 Å². The predicted molar refractivity (Wildman–Crippen MR) is 88.1 cm³/mol. The summed E-state index contributed by atoms with van der Waals surface area (Å²) in [6.07, 6.45) is 1.73. The second kappa shape index (κ2) is 5.88. The SMILES string of the molecule is CCc1ccc(-c2cc3ccc(CC)cc3c(F)c2F)cc1. The van der Waals surface area contributed by atoms with Gasteiger partial charge >= 0.3 is 0 Å². The summed E-state index contributed by atoms with van der Waals surface area (Å²) in [5.41, 5.74) is 3.20. The molecule has 22 heavy (non-hydrogen) atoms. The standard InChI is InChI=1S/C20H18F2/c1-3-13-5-8-15(9-6-13)18-12-16-10-7-14(4-2)11-17(16)19(21)20(18)22/h5-12H,3-4H2,1-2H3. The highest BCUT2D eigenvalue weighted by Crippen LogP contribution is 2.31. The van der Waals surface area contributed by atoms with Crippen LogP contribution in [-0.2, 0) is 12.8 Å². The molecule has 0 nitrogen and oxygen atoms in total. The Hall–Kier alpha value is -2.22. The van der Waals surface area contributed by atoms with Crippen molar-refractivity contribution in [2.45, 2.75) is 26.7 Å². The van der Waals surface area contributed by atoms with Crippen molar-refractivity contribution in [3.05, 3.63) is 71.3 Å². The lowest BCUT2D eigenvalue weighted by Gasteiger charge is -2.10. The maximum atomic E-state index is 14.5. The van der Waals surface area contributed by atoms with Crippen LogP contribution in [0, 0.1) is 11.6 Å². The molecule has 3 aromatic carbocycles. The van der Waals surface area contributed by atoms with E-state index < -0.39 is 11.6 Å². The third-order valence-electron chi connectivity index (χ3n) is 4.16. The van der Waals surface area contributed by atoms with Gasteiger partial charge in [0.15, 0.2) is 11.6 Å². The van der Waals surface area contributed by atoms with Crippen molar-refractivity contribution in [3.63, 3.8) is 0 Å². The first-order valence-electron chi connectivity index (χ1n) is 7.64. The Labute approximate surface area is 129 Å². The molecule has 0 aromatic heterocycles. The molecule has 0 unspecified atom stereocenters. The summed E-state index contributed by atoms with van der Waals surface area (Å²) in [5.74, 6) is -1.53. The van der Waals surface area contributed by atoms with Crippen LogP contribution in [-0.4, -0.2) is 0 Å². The molecule has 0 amide bonds. The Bertz CT molecular complexity index is 817. The average molecular weight is 296 g/mol. The smallest absolute Gasteiger partial charge is 0.167 e. The fourth-order valence-corrected chi connectivity index (χ4v) is 2.72. The monoisotopic (exact) mass is 296 g/mol. The normalized spacial score (nSPS) is 11.1. The van der Waals surface area contributed by atoms with Crippen molar-refractivity contribution in [2.24, 2.45) is 0 Å². The molecule has 2 heteroatoms. The molecular weight excluding hydrogens is 278 g/mol. The van der Waals surface area contributed by atoms with E-state index in [0.717, 1.165) is 23.8 Å². The molecule has 0 atom stereocenters. The molecule has 0 radical (unpaired) electrons. The van der Waals surface area contributed by atoms with Crippen molar-refractivity contribution < 1.29 is 8.78 Å². The minimum absolute atomic E-state index is 0.317. The first kappa shape index (κ1) is 14.7. The van der Waals surface area contributed by atoms with Crippen LogP contribution in [0.1, 0.15) is 25.0 Å². The predicted octanol–water partition coefficient (Wildman–Crippen LogP) is 5.91. The number of rotatable bonds is 3. The maximum Gasteiger partial charge on any atom is 0.167 e. The molecule has 112 valence electrons. The van der Waals surface area contributed by atoms with Crippen LogP contribution in [0.5, 0.6) is 0 Å². The zero-order valence-electron chi connectivity index (χ0n) is 12.8. The quantitative estimate of drug-likeness (QED) is 0.563. The van der Waals surface area contributed by atoms with E-state index in [0.29, 0.717) is 16.5 Å². The van der Waals surface area contributed by atoms with Crippen molar-refractivity contribution in [2.75, 3.05) is 0 Å². The molecule has 0 saturated carbocycles. The van der Waals surface area contributed by atoms with Crippen molar-refractivity contribution in [1.29, 1.82) is 0 Å². The summed E-state index contributed by atoms with van der Waals surface area (Å²) in [4.78, 5) is 0. The van der Waals surface area contributed by atoms with E-state index in [1.807, 2.05) is 43.3 Å². The van der Waals surface area contributed by atoms with Gasteiger partial charge in [-0.15, -0.1) is 0 Å². The molecule has 0 aliphatic heterocycles.